The van der Waals surface area contributed by atoms with Crippen LogP contribution in [0.1, 0.15) is 5.56 Å². The second-order valence-corrected chi connectivity index (χ2v) is 4.99. The van der Waals surface area contributed by atoms with Crippen molar-refractivity contribution in [3.8, 4) is 0 Å². The minimum atomic E-state index is -0.0538. The highest BCUT2D eigenvalue weighted by Gasteiger charge is 2.15. The summed E-state index contributed by atoms with van der Waals surface area (Å²) >= 11 is 0. The Morgan fingerprint density at radius 2 is 1.71 bits per heavy atom. The summed E-state index contributed by atoms with van der Waals surface area (Å²) in [5.74, 6) is 0. The average Bonchev–Trinajstić information content (AvgIpc) is 2.21. The van der Waals surface area contributed by atoms with E-state index in [-0.39, 0.29) is 6.29 Å². The zero-order valence-corrected chi connectivity index (χ0v) is 11.1. The molecule has 1 aromatic rings. The summed E-state index contributed by atoms with van der Waals surface area (Å²) in [6.07, 6.45) is 0.987. The standard InChI is InChI=1S/C11H18O2Si/c1-12-11(13-2)10(14)8-9-6-4-3-5-7-9/h3-7,10-11H,8H2,1-2,14H3. The van der Waals surface area contributed by atoms with E-state index in [1.54, 1.807) is 14.2 Å². The van der Waals surface area contributed by atoms with Crippen LogP contribution in [0.15, 0.2) is 30.3 Å². The summed E-state index contributed by atoms with van der Waals surface area (Å²) in [5, 5.41) is 0. The van der Waals surface area contributed by atoms with Gasteiger partial charge in [-0.2, -0.15) is 0 Å². The molecule has 0 spiro atoms. The number of benzene rings is 1. The summed E-state index contributed by atoms with van der Waals surface area (Å²) < 4.78 is 10.5. The first-order valence-electron chi connectivity index (χ1n) is 4.87. The van der Waals surface area contributed by atoms with Gasteiger partial charge in [-0.3, -0.25) is 0 Å². The van der Waals surface area contributed by atoms with Crippen molar-refractivity contribution >= 4 is 10.2 Å². The van der Waals surface area contributed by atoms with E-state index in [2.05, 4.69) is 24.3 Å². The van der Waals surface area contributed by atoms with Gasteiger partial charge in [0.25, 0.3) is 0 Å². The maximum atomic E-state index is 5.25. The van der Waals surface area contributed by atoms with Crippen LogP contribution in [-0.4, -0.2) is 30.8 Å². The molecule has 0 fully saturated rings. The first kappa shape index (κ1) is 11.4. The molecule has 3 heteroatoms. The van der Waals surface area contributed by atoms with E-state index in [4.69, 9.17) is 9.47 Å². The highest BCUT2D eigenvalue weighted by atomic mass is 28.1. The third-order valence-corrected chi connectivity index (χ3v) is 3.28. The van der Waals surface area contributed by atoms with Gasteiger partial charge in [-0.05, 0) is 17.5 Å². The van der Waals surface area contributed by atoms with Gasteiger partial charge in [0.1, 0.15) is 0 Å². The summed E-state index contributed by atoms with van der Waals surface area (Å²) in [7, 11) is 4.47. The Balaban J connectivity index is 2.52. The zero-order valence-electron chi connectivity index (χ0n) is 9.07. The fourth-order valence-electron chi connectivity index (χ4n) is 1.64. The molecule has 0 bridgehead atoms. The molecule has 0 aliphatic rings. The van der Waals surface area contributed by atoms with Crippen molar-refractivity contribution in [3.05, 3.63) is 35.9 Å². The monoisotopic (exact) mass is 210 g/mol. The van der Waals surface area contributed by atoms with E-state index in [0.29, 0.717) is 5.54 Å². The highest BCUT2D eigenvalue weighted by molar-refractivity contribution is 6.12. The Labute approximate surface area is 88.7 Å². The molecule has 2 nitrogen and oxygen atoms in total. The van der Waals surface area contributed by atoms with Crippen LogP contribution < -0.4 is 0 Å². The lowest BCUT2D eigenvalue weighted by molar-refractivity contribution is -0.104. The van der Waals surface area contributed by atoms with Crippen LogP contribution in [0.3, 0.4) is 0 Å². The van der Waals surface area contributed by atoms with Gasteiger partial charge in [0.15, 0.2) is 6.29 Å². The van der Waals surface area contributed by atoms with Crippen molar-refractivity contribution in [1.82, 2.24) is 0 Å². The first-order chi connectivity index (χ1) is 6.77. The van der Waals surface area contributed by atoms with E-state index in [1.165, 1.54) is 5.56 Å². The summed E-state index contributed by atoms with van der Waals surface area (Å²) in [6.45, 7) is 0. The van der Waals surface area contributed by atoms with Gasteiger partial charge in [-0.15, -0.1) is 0 Å². The van der Waals surface area contributed by atoms with Gasteiger partial charge in [0, 0.05) is 24.5 Å². The molecule has 78 valence electrons. The van der Waals surface area contributed by atoms with Gasteiger partial charge < -0.3 is 9.47 Å². The molecule has 0 saturated heterocycles. The average molecular weight is 210 g/mol. The van der Waals surface area contributed by atoms with Gasteiger partial charge in [0.2, 0.25) is 0 Å². The van der Waals surface area contributed by atoms with Crippen molar-refractivity contribution in [1.29, 1.82) is 0 Å². The van der Waals surface area contributed by atoms with Crippen LogP contribution in [-0.2, 0) is 15.9 Å². The molecule has 1 rings (SSSR count). The molecule has 0 heterocycles. The van der Waals surface area contributed by atoms with Gasteiger partial charge in [0.05, 0.1) is 0 Å². The maximum absolute atomic E-state index is 5.25. The molecule has 0 aliphatic heterocycles. The molecule has 0 N–H and O–H groups in total. The van der Waals surface area contributed by atoms with E-state index in [0.717, 1.165) is 16.7 Å². The molecular formula is C11H18O2Si. The number of ether oxygens (including phenoxy) is 2. The van der Waals surface area contributed by atoms with Gasteiger partial charge in [-0.1, -0.05) is 30.3 Å². The Kier molecular flexibility index (Phi) is 4.86. The van der Waals surface area contributed by atoms with Crippen LogP contribution in [0, 0.1) is 0 Å². The van der Waals surface area contributed by atoms with Crippen LogP contribution >= 0.6 is 0 Å². The largest absolute Gasteiger partial charge is 0.356 e. The Morgan fingerprint density at radius 3 is 2.21 bits per heavy atom. The maximum Gasteiger partial charge on any atom is 0.156 e. The van der Waals surface area contributed by atoms with E-state index >= 15 is 0 Å². The summed E-state index contributed by atoms with van der Waals surface area (Å²) in [4.78, 5) is 0. The van der Waals surface area contributed by atoms with E-state index < -0.39 is 0 Å². The second-order valence-electron chi connectivity index (χ2n) is 3.51. The topological polar surface area (TPSA) is 18.5 Å². The predicted octanol–water partition coefficient (Wildman–Crippen LogP) is 1.00. The minimum Gasteiger partial charge on any atom is -0.356 e. The van der Waals surface area contributed by atoms with Crippen LogP contribution in [0.25, 0.3) is 0 Å². The fraction of sp³-hybridized carbons (Fsp3) is 0.455. The van der Waals surface area contributed by atoms with Gasteiger partial charge >= 0.3 is 0 Å². The fourth-order valence-corrected chi connectivity index (χ4v) is 2.66. The van der Waals surface area contributed by atoms with E-state index in [1.807, 2.05) is 6.07 Å². The molecule has 0 aliphatic carbocycles. The highest BCUT2D eigenvalue weighted by Crippen LogP contribution is 2.17. The lowest BCUT2D eigenvalue weighted by Gasteiger charge is -2.20. The molecule has 1 atom stereocenters. The summed E-state index contributed by atoms with van der Waals surface area (Å²) in [5.41, 5.74) is 1.86. The zero-order chi connectivity index (χ0) is 10.4. The molecule has 0 radical (unpaired) electrons. The Morgan fingerprint density at radius 1 is 1.14 bits per heavy atom. The minimum absolute atomic E-state index is 0.0538. The Bertz CT molecular complexity index is 247. The summed E-state index contributed by atoms with van der Waals surface area (Å²) in [6, 6.07) is 10.5. The second kappa shape index (κ2) is 5.96. The van der Waals surface area contributed by atoms with Crippen LogP contribution in [0.4, 0.5) is 0 Å². The predicted molar refractivity (Wildman–Crippen MR) is 61.6 cm³/mol. The molecule has 1 aromatic carbocycles. The molecule has 14 heavy (non-hydrogen) atoms. The first-order valence-corrected chi connectivity index (χ1v) is 6.03. The van der Waals surface area contributed by atoms with E-state index in [9.17, 15) is 0 Å². The van der Waals surface area contributed by atoms with Crippen molar-refractivity contribution in [3.63, 3.8) is 0 Å². The molecular weight excluding hydrogens is 192 g/mol. The van der Waals surface area contributed by atoms with Gasteiger partial charge in [-0.25, -0.2) is 0 Å². The number of methoxy groups -OCH3 is 2. The lowest BCUT2D eigenvalue weighted by Crippen LogP contribution is -2.22. The molecule has 1 unspecified atom stereocenters. The smallest absolute Gasteiger partial charge is 0.156 e. The number of hydrogen-bond acceptors (Lipinski definition) is 2. The number of rotatable bonds is 5. The van der Waals surface area contributed by atoms with Crippen LogP contribution in [0.5, 0.6) is 0 Å². The van der Waals surface area contributed by atoms with Crippen molar-refractivity contribution in [2.24, 2.45) is 0 Å². The van der Waals surface area contributed by atoms with Crippen molar-refractivity contribution < 1.29 is 9.47 Å². The Hall–Kier alpha value is -0.643. The lowest BCUT2D eigenvalue weighted by atomic mass is 10.1. The third kappa shape index (κ3) is 3.25. The SMILES string of the molecule is COC(OC)C([SiH3])Cc1ccccc1. The van der Waals surface area contributed by atoms with Crippen molar-refractivity contribution in [2.75, 3.05) is 14.2 Å². The normalized spacial score (nSPS) is 13.4. The van der Waals surface area contributed by atoms with Crippen molar-refractivity contribution in [2.45, 2.75) is 18.3 Å². The molecule has 0 saturated carbocycles. The molecule has 0 aromatic heterocycles. The quantitative estimate of drug-likeness (QED) is 0.533. The number of hydrogen-bond donors (Lipinski definition) is 0. The van der Waals surface area contributed by atoms with Crippen LogP contribution in [0.2, 0.25) is 5.54 Å². The third-order valence-electron chi connectivity index (χ3n) is 2.33. The molecule has 0 amide bonds.